The first kappa shape index (κ1) is 14.3. The zero-order chi connectivity index (χ0) is 14.6. The molecule has 1 aromatic heterocycles. The van der Waals surface area contributed by atoms with Crippen molar-refractivity contribution in [1.82, 2.24) is 4.98 Å². The molecule has 3 nitrogen and oxygen atoms in total. The maximum absolute atomic E-state index is 13.0. The highest BCUT2D eigenvalue weighted by Gasteiger charge is 2.34. The maximum Gasteiger partial charge on any atom is 0.419 e. The summed E-state index contributed by atoms with van der Waals surface area (Å²) in [6.45, 7) is 0.0233. The van der Waals surface area contributed by atoms with Crippen molar-refractivity contribution >= 4 is 0 Å². The Balaban J connectivity index is 2.23. The summed E-state index contributed by atoms with van der Waals surface area (Å²) in [5.41, 5.74) is 5.50. The lowest BCUT2D eigenvalue weighted by Gasteiger charge is -2.15. The van der Waals surface area contributed by atoms with E-state index in [4.69, 9.17) is 10.5 Å². The lowest BCUT2D eigenvalue weighted by molar-refractivity contribution is -0.139. The third-order valence-corrected chi connectivity index (χ3v) is 2.69. The van der Waals surface area contributed by atoms with Gasteiger partial charge in [0.1, 0.15) is 12.4 Å². The topological polar surface area (TPSA) is 48.1 Å². The zero-order valence-electron chi connectivity index (χ0n) is 10.5. The van der Waals surface area contributed by atoms with E-state index in [9.17, 15) is 13.2 Å². The summed E-state index contributed by atoms with van der Waals surface area (Å²) in [6.07, 6.45) is -2.93. The molecule has 0 aliphatic rings. The van der Waals surface area contributed by atoms with E-state index in [1.54, 1.807) is 24.4 Å². The number of rotatable bonds is 4. The number of halogens is 3. The summed E-state index contributed by atoms with van der Waals surface area (Å²) < 4.78 is 44.1. The van der Waals surface area contributed by atoms with Gasteiger partial charge in [0.15, 0.2) is 0 Å². The molecule has 0 spiro atoms. The summed E-state index contributed by atoms with van der Waals surface area (Å²) in [4.78, 5) is 3.99. The number of nitrogens with zero attached hydrogens (tertiary/aromatic N) is 1. The standard InChI is InChI=1S/C14H13F3N2O/c15-14(16,17)12-7-10(8-18)4-5-13(12)20-9-11-3-1-2-6-19-11/h1-7H,8-9,18H2. The predicted molar refractivity (Wildman–Crippen MR) is 67.9 cm³/mol. The van der Waals surface area contributed by atoms with Crippen LogP contribution in [0.25, 0.3) is 0 Å². The quantitative estimate of drug-likeness (QED) is 0.937. The van der Waals surface area contributed by atoms with E-state index in [-0.39, 0.29) is 18.9 Å². The van der Waals surface area contributed by atoms with Crippen molar-refractivity contribution in [2.75, 3.05) is 0 Å². The van der Waals surface area contributed by atoms with Crippen LogP contribution in [0.15, 0.2) is 42.6 Å². The highest BCUT2D eigenvalue weighted by atomic mass is 19.4. The molecule has 106 valence electrons. The number of pyridine rings is 1. The summed E-state index contributed by atoms with van der Waals surface area (Å²) in [5.74, 6) is -0.222. The van der Waals surface area contributed by atoms with Gasteiger partial charge in [-0.15, -0.1) is 0 Å². The van der Waals surface area contributed by atoms with Crippen LogP contribution in [-0.4, -0.2) is 4.98 Å². The molecule has 2 N–H and O–H groups in total. The molecule has 2 rings (SSSR count). The molecular weight excluding hydrogens is 269 g/mol. The van der Waals surface area contributed by atoms with Gasteiger partial charge in [-0.05, 0) is 29.8 Å². The summed E-state index contributed by atoms with van der Waals surface area (Å²) in [5, 5.41) is 0. The third-order valence-electron chi connectivity index (χ3n) is 2.69. The number of ether oxygens (including phenoxy) is 1. The Kier molecular flexibility index (Phi) is 4.24. The fourth-order valence-electron chi connectivity index (χ4n) is 1.69. The van der Waals surface area contributed by atoms with Crippen LogP contribution >= 0.6 is 0 Å². The van der Waals surface area contributed by atoms with Crippen LogP contribution in [0, 0.1) is 0 Å². The molecule has 20 heavy (non-hydrogen) atoms. The molecule has 0 radical (unpaired) electrons. The molecule has 1 aromatic carbocycles. The minimum atomic E-state index is -4.48. The first-order valence-electron chi connectivity index (χ1n) is 5.93. The molecule has 0 amide bonds. The molecule has 0 atom stereocenters. The number of nitrogens with two attached hydrogens (primary N) is 1. The molecule has 0 unspecified atom stereocenters. The Bertz CT molecular complexity index is 570. The summed E-state index contributed by atoms with van der Waals surface area (Å²) in [7, 11) is 0. The highest BCUT2D eigenvalue weighted by molar-refractivity contribution is 5.39. The molecular formula is C14H13F3N2O. The molecule has 0 fully saturated rings. The fourth-order valence-corrected chi connectivity index (χ4v) is 1.69. The van der Waals surface area contributed by atoms with Gasteiger partial charge in [-0.1, -0.05) is 12.1 Å². The average molecular weight is 282 g/mol. The molecule has 0 saturated heterocycles. The molecule has 0 saturated carbocycles. The van der Waals surface area contributed by atoms with Crippen molar-refractivity contribution in [2.24, 2.45) is 5.73 Å². The summed E-state index contributed by atoms with van der Waals surface area (Å²) >= 11 is 0. The second kappa shape index (κ2) is 5.92. The number of hydrogen-bond donors (Lipinski definition) is 1. The van der Waals surface area contributed by atoms with Gasteiger partial charge in [0.2, 0.25) is 0 Å². The van der Waals surface area contributed by atoms with Gasteiger partial charge in [-0.25, -0.2) is 0 Å². The monoisotopic (exact) mass is 282 g/mol. The van der Waals surface area contributed by atoms with Crippen LogP contribution in [0.1, 0.15) is 16.8 Å². The number of hydrogen-bond acceptors (Lipinski definition) is 3. The Hall–Kier alpha value is -2.08. The van der Waals surface area contributed by atoms with E-state index < -0.39 is 11.7 Å². The van der Waals surface area contributed by atoms with E-state index in [2.05, 4.69) is 4.98 Å². The van der Waals surface area contributed by atoms with E-state index in [0.29, 0.717) is 11.3 Å². The van der Waals surface area contributed by atoms with Crippen LogP contribution < -0.4 is 10.5 Å². The van der Waals surface area contributed by atoms with Gasteiger partial charge in [-0.3, -0.25) is 4.98 Å². The van der Waals surface area contributed by atoms with Crippen LogP contribution in [-0.2, 0) is 19.3 Å². The molecule has 6 heteroatoms. The first-order chi connectivity index (χ1) is 9.50. The van der Waals surface area contributed by atoms with Gasteiger partial charge in [0.05, 0.1) is 11.3 Å². The maximum atomic E-state index is 13.0. The van der Waals surface area contributed by atoms with Crippen molar-refractivity contribution in [2.45, 2.75) is 19.3 Å². The minimum Gasteiger partial charge on any atom is -0.487 e. The van der Waals surface area contributed by atoms with Gasteiger partial charge >= 0.3 is 6.18 Å². The number of alkyl halides is 3. The van der Waals surface area contributed by atoms with Gasteiger partial charge in [-0.2, -0.15) is 13.2 Å². The van der Waals surface area contributed by atoms with Crippen molar-refractivity contribution in [3.63, 3.8) is 0 Å². The van der Waals surface area contributed by atoms with Crippen LogP contribution in [0.2, 0.25) is 0 Å². The van der Waals surface area contributed by atoms with Crippen LogP contribution in [0.3, 0.4) is 0 Å². The van der Waals surface area contributed by atoms with Crippen molar-refractivity contribution in [1.29, 1.82) is 0 Å². The van der Waals surface area contributed by atoms with E-state index in [1.807, 2.05) is 0 Å². The zero-order valence-corrected chi connectivity index (χ0v) is 10.5. The lowest BCUT2D eigenvalue weighted by Crippen LogP contribution is -2.10. The smallest absolute Gasteiger partial charge is 0.419 e. The van der Waals surface area contributed by atoms with E-state index in [0.717, 1.165) is 6.07 Å². The lowest BCUT2D eigenvalue weighted by atomic mass is 10.1. The van der Waals surface area contributed by atoms with Crippen LogP contribution in [0.4, 0.5) is 13.2 Å². The SMILES string of the molecule is NCc1ccc(OCc2ccccn2)c(C(F)(F)F)c1. The van der Waals surface area contributed by atoms with Gasteiger partial charge in [0, 0.05) is 12.7 Å². The van der Waals surface area contributed by atoms with Crippen molar-refractivity contribution < 1.29 is 17.9 Å². The number of aromatic nitrogens is 1. The highest BCUT2D eigenvalue weighted by Crippen LogP contribution is 2.37. The van der Waals surface area contributed by atoms with E-state index >= 15 is 0 Å². The summed E-state index contributed by atoms with van der Waals surface area (Å²) in [6, 6.07) is 8.96. The Morgan fingerprint density at radius 1 is 1.15 bits per heavy atom. The molecule has 0 aliphatic carbocycles. The van der Waals surface area contributed by atoms with Crippen LogP contribution in [0.5, 0.6) is 5.75 Å². The molecule has 0 bridgehead atoms. The Morgan fingerprint density at radius 3 is 2.55 bits per heavy atom. The van der Waals surface area contributed by atoms with Gasteiger partial charge < -0.3 is 10.5 Å². The average Bonchev–Trinajstić information content (AvgIpc) is 2.45. The fraction of sp³-hybridized carbons (Fsp3) is 0.214. The molecule has 1 heterocycles. The largest absolute Gasteiger partial charge is 0.487 e. The first-order valence-corrected chi connectivity index (χ1v) is 5.93. The Morgan fingerprint density at radius 2 is 1.95 bits per heavy atom. The minimum absolute atomic E-state index is 0.0219. The molecule has 2 aromatic rings. The van der Waals surface area contributed by atoms with E-state index in [1.165, 1.54) is 12.1 Å². The Labute approximate surface area is 114 Å². The van der Waals surface area contributed by atoms with Gasteiger partial charge in [0.25, 0.3) is 0 Å². The predicted octanol–water partition coefficient (Wildman–Crippen LogP) is 3.14. The number of benzene rings is 1. The van der Waals surface area contributed by atoms with Crippen molar-refractivity contribution in [3.05, 3.63) is 59.4 Å². The van der Waals surface area contributed by atoms with Crippen molar-refractivity contribution in [3.8, 4) is 5.75 Å². The second-order valence-corrected chi connectivity index (χ2v) is 4.14. The molecule has 0 aliphatic heterocycles. The normalized spacial score (nSPS) is 11.4. The third kappa shape index (κ3) is 3.48. The second-order valence-electron chi connectivity index (χ2n) is 4.14.